The highest BCUT2D eigenvalue weighted by Crippen LogP contribution is 2.31. The molecule has 2 aromatic carbocycles. The van der Waals surface area contributed by atoms with E-state index in [2.05, 4.69) is 10.3 Å². The molecule has 0 bridgehead atoms. The van der Waals surface area contributed by atoms with Gasteiger partial charge >= 0.3 is 5.69 Å². The molecule has 0 aliphatic heterocycles. The van der Waals surface area contributed by atoms with Crippen molar-refractivity contribution in [3.8, 4) is 5.75 Å². The predicted octanol–water partition coefficient (Wildman–Crippen LogP) is 3.70. The number of nitrogens with zero attached hydrogens (tertiary/aromatic N) is 3. The van der Waals surface area contributed by atoms with E-state index in [1.165, 1.54) is 9.13 Å². The highest BCUT2D eigenvalue weighted by atomic mass is 16.5. The van der Waals surface area contributed by atoms with Crippen molar-refractivity contribution in [2.45, 2.75) is 32.2 Å². The third-order valence-electron chi connectivity index (χ3n) is 7.11. The van der Waals surface area contributed by atoms with Crippen LogP contribution in [0.15, 0.2) is 64.3 Å². The van der Waals surface area contributed by atoms with E-state index in [1.807, 2.05) is 30.3 Å². The molecule has 2 aromatic heterocycles. The molecule has 1 amide bonds. The Morgan fingerprint density at radius 2 is 1.86 bits per heavy atom. The number of hydrogen-bond acceptors (Lipinski definition) is 5. The van der Waals surface area contributed by atoms with E-state index in [9.17, 15) is 14.4 Å². The van der Waals surface area contributed by atoms with Crippen LogP contribution in [-0.4, -0.2) is 27.1 Å². The maximum atomic E-state index is 13.2. The van der Waals surface area contributed by atoms with Crippen molar-refractivity contribution in [2.75, 3.05) is 12.4 Å². The highest BCUT2D eigenvalue weighted by Gasteiger charge is 2.28. The van der Waals surface area contributed by atoms with Gasteiger partial charge in [-0.2, -0.15) is 0 Å². The number of carbonyl (C=O) groups excluding carboxylic acids is 1. The van der Waals surface area contributed by atoms with Crippen LogP contribution in [0.3, 0.4) is 0 Å². The van der Waals surface area contributed by atoms with E-state index in [1.54, 1.807) is 38.6 Å². The Labute approximate surface area is 202 Å². The number of para-hydroxylation sites is 1. The fraction of sp³-hybridized carbons (Fsp3) is 0.333. The summed E-state index contributed by atoms with van der Waals surface area (Å²) in [6.45, 7) is 0.347. The van der Waals surface area contributed by atoms with E-state index >= 15 is 0 Å². The van der Waals surface area contributed by atoms with Crippen LogP contribution in [-0.2, 0) is 18.4 Å². The minimum Gasteiger partial charge on any atom is -0.497 e. The second-order valence-electron chi connectivity index (χ2n) is 9.23. The molecule has 8 nitrogen and oxygen atoms in total. The van der Waals surface area contributed by atoms with Crippen molar-refractivity contribution in [3.05, 3.63) is 75.6 Å². The van der Waals surface area contributed by atoms with Crippen molar-refractivity contribution in [2.24, 2.45) is 18.9 Å². The third kappa shape index (κ3) is 4.32. The zero-order valence-corrected chi connectivity index (χ0v) is 19.9. The van der Waals surface area contributed by atoms with Gasteiger partial charge < -0.3 is 10.1 Å². The summed E-state index contributed by atoms with van der Waals surface area (Å²) in [5.74, 6) is 0.623. The first kappa shape index (κ1) is 22.8. The van der Waals surface area contributed by atoms with Crippen LogP contribution in [0.4, 0.5) is 5.69 Å². The Bertz CT molecular complexity index is 1530. The summed E-state index contributed by atoms with van der Waals surface area (Å²) in [5, 5.41) is 4.50. The lowest BCUT2D eigenvalue weighted by Crippen LogP contribution is -2.41. The fourth-order valence-corrected chi connectivity index (χ4v) is 5.09. The van der Waals surface area contributed by atoms with Gasteiger partial charge in [-0.3, -0.25) is 23.7 Å². The maximum Gasteiger partial charge on any atom is 0.331 e. The van der Waals surface area contributed by atoms with Gasteiger partial charge in [0.25, 0.3) is 5.56 Å². The standard InChI is InChI=1S/C27H28N4O4/c1-30-23-13-12-20(35-2)15-21(23)26(33)31(27(30)34)16-17-8-10-19(11-9-17)25(32)29-22-7-3-5-18-6-4-14-28-24(18)22/h3-7,12-15,17,19H,8-11,16H2,1-2H3,(H,29,32)/t17-,19-. The summed E-state index contributed by atoms with van der Waals surface area (Å²) >= 11 is 0. The monoisotopic (exact) mass is 472 g/mol. The van der Waals surface area contributed by atoms with Crippen LogP contribution < -0.4 is 21.3 Å². The summed E-state index contributed by atoms with van der Waals surface area (Å²) in [5.41, 5.74) is 1.46. The average Bonchev–Trinajstić information content (AvgIpc) is 2.90. The van der Waals surface area contributed by atoms with Gasteiger partial charge in [0.15, 0.2) is 0 Å². The molecule has 1 aliphatic carbocycles. The Hall–Kier alpha value is -3.94. The first-order chi connectivity index (χ1) is 17.0. The van der Waals surface area contributed by atoms with Crippen LogP contribution in [0.25, 0.3) is 21.8 Å². The van der Waals surface area contributed by atoms with Gasteiger partial charge in [-0.1, -0.05) is 18.2 Å². The number of anilines is 1. The Morgan fingerprint density at radius 1 is 1.09 bits per heavy atom. The molecule has 0 unspecified atom stereocenters. The van der Waals surface area contributed by atoms with Crippen molar-refractivity contribution >= 4 is 33.4 Å². The topological polar surface area (TPSA) is 95.2 Å². The average molecular weight is 473 g/mol. The molecule has 1 N–H and O–H groups in total. The molecule has 0 radical (unpaired) electrons. The van der Waals surface area contributed by atoms with E-state index in [4.69, 9.17) is 4.74 Å². The minimum atomic E-state index is -0.323. The molecule has 35 heavy (non-hydrogen) atoms. The molecule has 1 aliphatic rings. The number of ether oxygens (including phenoxy) is 1. The Balaban J connectivity index is 1.29. The number of hydrogen-bond donors (Lipinski definition) is 1. The number of benzene rings is 2. The second-order valence-corrected chi connectivity index (χ2v) is 9.23. The number of aromatic nitrogens is 3. The van der Waals surface area contributed by atoms with Crippen LogP contribution >= 0.6 is 0 Å². The van der Waals surface area contributed by atoms with Gasteiger partial charge in [0, 0.05) is 31.1 Å². The number of methoxy groups -OCH3 is 1. The number of aryl methyl sites for hydroxylation is 1. The number of pyridine rings is 1. The smallest absolute Gasteiger partial charge is 0.331 e. The van der Waals surface area contributed by atoms with Gasteiger partial charge in [-0.05, 0) is 61.9 Å². The first-order valence-corrected chi connectivity index (χ1v) is 11.9. The number of carbonyl (C=O) groups is 1. The lowest BCUT2D eigenvalue weighted by Gasteiger charge is -2.28. The van der Waals surface area contributed by atoms with Crippen molar-refractivity contribution in [1.82, 2.24) is 14.1 Å². The van der Waals surface area contributed by atoms with Crippen LogP contribution in [0, 0.1) is 11.8 Å². The number of nitrogens with one attached hydrogen (secondary N) is 1. The van der Waals surface area contributed by atoms with Gasteiger partial charge in [-0.15, -0.1) is 0 Å². The van der Waals surface area contributed by atoms with Gasteiger partial charge in [0.1, 0.15) is 5.75 Å². The van der Waals surface area contributed by atoms with E-state index in [-0.39, 0.29) is 29.0 Å². The minimum absolute atomic E-state index is 0.00696. The number of rotatable bonds is 5. The first-order valence-electron chi connectivity index (χ1n) is 11.9. The molecule has 2 heterocycles. The summed E-state index contributed by atoms with van der Waals surface area (Å²) in [6, 6.07) is 14.7. The largest absolute Gasteiger partial charge is 0.497 e. The summed E-state index contributed by atoms with van der Waals surface area (Å²) < 4.78 is 8.10. The van der Waals surface area contributed by atoms with Gasteiger partial charge in [0.2, 0.25) is 5.91 Å². The molecule has 8 heteroatoms. The van der Waals surface area contributed by atoms with Gasteiger partial charge in [0.05, 0.1) is 29.2 Å². The zero-order chi connectivity index (χ0) is 24.5. The van der Waals surface area contributed by atoms with Crippen molar-refractivity contribution < 1.29 is 9.53 Å². The van der Waals surface area contributed by atoms with E-state index in [0.29, 0.717) is 36.0 Å². The summed E-state index contributed by atoms with van der Waals surface area (Å²) in [6.07, 6.45) is 4.70. The molecule has 180 valence electrons. The molecule has 0 spiro atoms. The number of amides is 1. The summed E-state index contributed by atoms with van der Waals surface area (Å²) in [4.78, 5) is 43.5. The molecule has 5 rings (SSSR count). The molecule has 0 saturated heterocycles. The molecule has 1 fully saturated rings. The maximum absolute atomic E-state index is 13.2. The normalized spacial score (nSPS) is 18.0. The third-order valence-corrected chi connectivity index (χ3v) is 7.11. The summed E-state index contributed by atoms with van der Waals surface area (Å²) in [7, 11) is 3.23. The molecular weight excluding hydrogens is 444 g/mol. The Kier molecular flexibility index (Phi) is 6.11. The molecular formula is C27H28N4O4. The second kappa shape index (κ2) is 9.37. The molecule has 4 aromatic rings. The fourth-order valence-electron chi connectivity index (χ4n) is 5.09. The zero-order valence-electron chi connectivity index (χ0n) is 19.9. The lowest BCUT2D eigenvalue weighted by molar-refractivity contribution is -0.121. The molecule has 1 saturated carbocycles. The van der Waals surface area contributed by atoms with Crippen LogP contribution in [0.1, 0.15) is 25.7 Å². The predicted molar refractivity (Wildman–Crippen MR) is 136 cm³/mol. The van der Waals surface area contributed by atoms with Crippen LogP contribution in [0.5, 0.6) is 5.75 Å². The Morgan fingerprint density at radius 3 is 2.63 bits per heavy atom. The SMILES string of the molecule is COc1ccc2c(c1)c(=O)n(C[C@H]1CC[C@H](C(=O)Nc3cccc4cccnc34)CC1)c(=O)n2C. The molecule has 0 atom stereocenters. The van der Waals surface area contributed by atoms with E-state index in [0.717, 1.165) is 29.4 Å². The van der Waals surface area contributed by atoms with Gasteiger partial charge in [-0.25, -0.2) is 4.79 Å². The lowest BCUT2D eigenvalue weighted by atomic mass is 9.81. The van der Waals surface area contributed by atoms with Crippen molar-refractivity contribution in [3.63, 3.8) is 0 Å². The number of fused-ring (bicyclic) bond motifs is 2. The van der Waals surface area contributed by atoms with E-state index < -0.39 is 0 Å². The van der Waals surface area contributed by atoms with Crippen LogP contribution in [0.2, 0.25) is 0 Å². The quantitative estimate of drug-likeness (QED) is 0.478. The van der Waals surface area contributed by atoms with Crippen molar-refractivity contribution in [1.29, 1.82) is 0 Å². The highest BCUT2D eigenvalue weighted by molar-refractivity contribution is 6.01.